The van der Waals surface area contributed by atoms with Crippen molar-refractivity contribution in [3.63, 3.8) is 0 Å². The van der Waals surface area contributed by atoms with Gasteiger partial charge in [0.05, 0.1) is 18.0 Å². The summed E-state index contributed by atoms with van der Waals surface area (Å²) >= 11 is 0. The van der Waals surface area contributed by atoms with E-state index in [1.54, 1.807) is 12.1 Å². The molecule has 0 spiro atoms. The minimum atomic E-state index is -1.72. The van der Waals surface area contributed by atoms with E-state index in [4.69, 9.17) is 16.2 Å². The van der Waals surface area contributed by atoms with Crippen molar-refractivity contribution in [2.75, 3.05) is 24.2 Å². The molecular formula is C30H35ClN2OP. The lowest BCUT2D eigenvalue weighted by molar-refractivity contribution is 0.305. The van der Waals surface area contributed by atoms with Crippen molar-refractivity contribution in [3.05, 3.63) is 109 Å². The first kappa shape index (κ1) is 26.6. The van der Waals surface area contributed by atoms with Gasteiger partial charge in [-0.1, -0.05) is 104 Å². The van der Waals surface area contributed by atoms with Crippen LogP contribution in [0.25, 0.3) is 0 Å². The molecule has 1 radical (unpaired) electrons. The van der Waals surface area contributed by atoms with E-state index < -0.39 is 7.26 Å². The molecule has 4 rings (SSSR count). The van der Waals surface area contributed by atoms with E-state index in [0.29, 0.717) is 18.0 Å². The highest BCUT2D eigenvalue weighted by molar-refractivity contribution is 7.95. The van der Waals surface area contributed by atoms with Crippen LogP contribution in [0, 0.1) is 0 Å². The van der Waals surface area contributed by atoms with Crippen molar-refractivity contribution < 1.29 is 4.74 Å². The maximum Gasteiger partial charge on any atom is 0.121 e. The molecule has 0 unspecified atom stereocenters. The molecule has 4 aromatic carbocycles. The summed E-state index contributed by atoms with van der Waals surface area (Å²) in [5.74, 6) is 0.786. The normalized spacial score (nSPS) is 11.0. The molecule has 0 atom stereocenters. The summed E-state index contributed by atoms with van der Waals surface area (Å²) in [7, 11) is -1.72. The standard InChI is InChI=1S/C30H34N2OP.ClH/c31-29-21-20-25(24-30(29)32)33-22-12-1-2-13-23-34(26-14-6-3-7-15-26,27-16-8-4-9-17-27)28-18-10-5-11-19-28;/h3-11,14-21,24H,1-2,12-13,22-23,31-32H2;1H. The van der Waals surface area contributed by atoms with Gasteiger partial charge in [0, 0.05) is 6.07 Å². The molecule has 0 fully saturated rings. The molecular weight excluding hydrogens is 471 g/mol. The molecule has 4 aromatic rings. The third-order valence-corrected chi connectivity index (χ3v) is 10.8. The maximum absolute atomic E-state index is 5.87. The van der Waals surface area contributed by atoms with Crippen LogP contribution in [0.2, 0.25) is 0 Å². The Morgan fingerprint density at radius 1 is 0.543 bits per heavy atom. The van der Waals surface area contributed by atoms with E-state index in [2.05, 4.69) is 91.0 Å². The lowest BCUT2D eigenvalue weighted by Crippen LogP contribution is -2.33. The fourth-order valence-electron chi connectivity index (χ4n) is 4.52. The van der Waals surface area contributed by atoms with Crippen LogP contribution in [0.1, 0.15) is 25.7 Å². The summed E-state index contributed by atoms with van der Waals surface area (Å²) in [6.07, 6.45) is 5.70. The van der Waals surface area contributed by atoms with Gasteiger partial charge in [-0.3, -0.25) is 0 Å². The maximum atomic E-state index is 5.87. The Morgan fingerprint density at radius 3 is 1.51 bits per heavy atom. The Labute approximate surface area is 216 Å². The summed E-state index contributed by atoms with van der Waals surface area (Å²) in [5, 5.41) is 4.37. The monoisotopic (exact) mass is 505 g/mol. The molecule has 5 heteroatoms. The van der Waals surface area contributed by atoms with Crippen LogP contribution in [-0.2, 0) is 0 Å². The Morgan fingerprint density at radius 2 is 1.03 bits per heavy atom. The predicted octanol–water partition coefficient (Wildman–Crippen LogP) is 6.21. The zero-order valence-corrected chi connectivity index (χ0v) is 21.8. The molecule has 0 aromatic heterocycles. The molecule has 183 valence electrons. The third-order valence-electron chi connectivity index (χ3n) is 6.31. The number of halogens is 1. The van der Waals surface area contributed by atoms with Gasteiger partial charge < -0.3 is 16.2 Å². The van der Waals surface area contributed by atoms with E-state index >= 15 is 0 Å². The number of nitrogen functional groups attached to an aromatic ring is 2. The molecule has 0 heterocycles. The first-order chi connectivity index (χ1) is 16.7. The van der Waals surface area contributed by atoms with Gasteiger partial charge in [-0.15, -0.1) is 12.4 Å². The minimum Gasteiger partial charge on any atom is -0.494 e. The Hall–Kier alpha value is -3.00. The topological polar surface area (TPSA) is 61.3 Å². The zero-order chi connectivity index (χ0) is 23.6. The number of unbranched alkanes of at least 4 members (excludes halogenated alkanes) is 3. The average Bonchev–Trinajstić information content (AvgIpc) is 2.89. The van der Waals surface area contributed by atoms with E-state index in [9.17, 15) is 0 Å². The number of hydrogen-bond donors (Lipinski definition) is 2. The van der Waals surface area contributed by atoms with Gasteiger partial charge in [0.15, 0.2) is 0 Å². The van der Waals surface area contributed by atoms with Crippen LogP contribution in [0.4, 0.5) is 11.4 Å². The van der Waals surface area contributed by atoms with Gasteiger partial charge in [0.2, 0.25) is 0 Å². The molecule has 0 aliphatic carbocycles. The van der Waals surface area contributed by atoms with E-state index in [1.807, 2.05) is 6.07 Å². The Kier molecular flexibility index (Phi) is 10.0. The van der Waals surface area contributed by atoms with Crippen LogP contribution in [-0.4, -0.2) is 12.8 Å². The summed E-state index contributed by atoms with van der Waals surface area (Å²) in [6, 6.07) is 38.8. The zero-order valence-electron chi connectivity index (χ0n) is 20.1. The van der Waals surface area contributed by atoms with Gasteiger partial charge in [-0.05, 0) is 54.3 Å². The molecule has 0 aliphatic rings. The molecule has 4 N–H and O–H groups in total. The van der Waals surface area contributed by atoms with Gasteiger partial charge in [0.25, 0.3) is 0 Å². The van der Waals surface area contributed by atoms with Crippen molar-refractivity contribution in [2.24, 2.45) is 0 Å². The highest BCUT2D eigenvalue weighted by Gasteiger charge is 2.33. The van der Waals surface area contributed by atoms with Gasteiger partial charge >= 0.3 is 0 Å². The third kappa shape index (κ3) is 6.57. The lowest BCUT2D eigenvalue weighted by atomic mass is 10.2. The number of nitrogens with two attached hydrogens (primary N) is 2. The predicted molar refractivity (Wildman–Crippen MR) is 156 cm³/mol. The first-order valence-electron chi connectivity index (χ1n) is 12.0. The van der Waals surface area contributed by atoms with E-state index in [-0.39, 0.29) is 12.4 Å². The first-order valence-corrected chi connectivity index (χ1v) is 14.0. The fraction of sp³-hybridized carbons (Fsp3) is 0.200. The quantitative estimate of drug-likeness (QED) is 0.145. The number of rotatable bonds is 11. The second kappa shape index (κ2) is 13.2. The van der Waals surface area contributed by atoms with Gasteiger partial charge in [0.1, 0.15) is 5.75 Å². The van der Waals surface area contributed by atoms with Gasteiger partial charge in [-0.2, -0.15) is 0 Å². The van der Waals surface area contributed by atoms with Crippen molar-refractivity contribution in [3.8, 4) is 5.75 Å². The van der Waals surface area contributed by atoms with Crippen molar-refractivity contribution >= 4 is 47.0 Å². The average molecular weight is 506 g/mol. The number of ether oxygens (including phenoxy) is 1. The van der Waals surface area contributed by atoms with Crippen LogP contribution in [0.3, 0.4) is 0 Å². The van der Waals surface area contributed by atoms with E-state index in [1.165, 1.54) is 34.9 Å². The Balaban J connectivity index is 0.00000342. The number of benzene rings is 4. The van der Waals surface area contributed by atoms with Crippen LogP contribution in [0.15, 0.2) is 109 Å². The molecule has 35 heavy (non-hydrogen) atoms. The SMILES string of the molecule is Cl.Nc1ccc(OCCCCCC[P](c2ccccc2)(c2ccccc2)c2ccccc2)cc1N. The molecule has 3 nitrogen and oxygen atoms in total. The highest BCUT2D eigenvalue weighted by Crippen LogP contribution is 2.55. The van der Waals surface area contributed by atoms with E-state index in [0.717, 1.165) is 18.6 Å². The highest BCUT2D eigenvalue weighted by atomic mass is 35.5. The number of hydrogen-bond acceptors (Lipinski definition) is 3. The van der Waals surface area contributed by atoms with Crippen LogP contribution in [0.5, 0.6) is 5.75 Å². The van der Waals surface area contributed by atoms with Crippen LogP contribution < -0.4 is 32.1 Å². The molecule has 0 saturated heterocycles. The fourth-order valence-corrected chi connectivity index (χ4v) is 8.93. The molecule has 0 saturated carbocycles. The lowest BCUT2D eigenvalue weighted by Gasteiger charge is -2.38. The second-order valence-electron chi connectivity index (χ2n) is 8.59. The summed E-state index contributed by atoms with van der Waals surface area (Å²) in [4.78, 5) is 0. The molecule has 0 aliphatic heterocycles. The van der Waals surface area contributed by atoms with Crippen molar-refractivity contribution in [2.45, 2.75) is 25.7 Å². The summed E-state index contributed by atoms with van der Waals surface area (Å²) < 4.78 is 5.87. The second-order valence-corrected chi connectivity index (χ2v) is 12.2. The van der Waals surface area contributed by atoms with Crippen molar-refractivity contribution in [1.82, 2.24) is 0 Å². The number of anilines is 2. The smallest absolute Gasteiger partial charge is 0.121 e. The summed E-state index contributed by atoms with van der Waals surface area (Å²) in [6.45, 7) is 0.694. The summed E-state index contributed by atoms with van der Waals surface area (Å²) in [5.41, 5.74) is 12.8. The molecule has 0 bridgehead atoms. The minimum absolute atomic E-state index is 0. The van der Waals surface area contributed by atoms with Crippen LogP contribution >= 0.6 is 19.7 Å². The largest absolute Gasteiger partial charge is 0.494 e. The molecule has 0 amide bonds. The van der Waals surface area contributed by atoms with Crippen molar-refractivity contribution in [1.29, 1.82) is 0 Å². The Bertz CT molecular complexity index is 1060. The van der Waals surface area contributed by atoms with Gasteiger partial charge in [-0.25, -0.2) is 0 Å².